The van der Waals surface area contributed by atoms with Crippen LogP contribution in [0.1, 0.15) is 27.5 Å². The highest BCUT2D eigenvalue weighted by Crippen LogP contribution is 2.18. The second-order valence-corrected chi connectivity index (χ2v) is 6.49. The van der Waals surface area contributed by atoms with Crippen molar-refractivity contribution in [1.82, 2.24) is 15.2 Å². The fourth-order valence-electron chi connectivity index (χ4n) is 2.62. The SMILES string of the molecule is COc1ccc(Cc2nc(C(=O)N3CCCNCC3)cs2)cc1. The third-order valence-electron chi connectivity index (χ3n) is 3.91. The lowest BCUT2D eigenvalue weighted by Crippen LogP contribution is -2.34. The minimum absolute atomic E-state index is 0.0472. The zero-order valence-electron chi connectivity index (χ0n) is 13.2. The van der Waals surface area contributed by atoms with Crippen LogP contribution in [-0.4, -0.2) is 49.1 Å². The fourth-order valence-corrected chi connectivity index (χ4v) is 3.42. The summed E-state index contributed by atoms with van der Waals surface area (Å²) in [6, 6.07) is 7.95. The molecule has 122 valence electrons. The van der Waals surface area contributed by atoms with Crippen LogP contribution in [0.15, 0.2) is 29.6 Å². The molecule has 0 saturated carbocycles. The van der Waals surface area contributed by atoms with Crippen molar-refractivity contribution in [2.75, 3.05) is 33.3 Å². The molecule has 1 fully saturated rings. The molecule has 1 aliphatic rings. The van der Waals surface area contributed by atoms with Crippen molar-refractivity contribution in [2.24, 2.45) is 0 Å². The van der Waals surface area contributed by atoms with Crippen LogP contribution >= 0.6 is 11.3 Å². The van der Waals surface area contributed by atoms with Gasteiger partial charge >= 0.3 is 0 Å². The van der Waals surface area contributed by atoms with E-state index < -0.39 is 0 Å². The largest absolute Gasteiger partial charge is 0.497 e. The van der Waals surface area contributed by atoms with E-state index in [0.717, 1.165) is 55.3 Å². The molecule has 1 aliphatic heterocycles. The molecule has 23 heavy (non-hydrogen) atoms. The molecule has 1 aromatic carbocycles. The summed E-state index contributed by atoms with van der Waals surface area (Å²) in [6.07, 6.45) is 1.73. The van der Waals surface area contributed by atoms with Crippen LogP contribution in [-0.2, 0) is 6.42 Å². The second-order valence-electron chi connectivity index (χ2n) is 5.55. The van der Waals surface area contributed by atoms with Crippen molar-refractivity contribution in [3.8, 4) is 5.75 Å². The Morgan fingerprint density at radius 2 is 2.13 bits per heavy atom. The van der Waals surface area contributed by atoms with Crippen LogP contribution in [0.3, 0.4) is 0 Å². The third-order valence-corrected chi connectivity index (χ3v) is 4.76. The summed E-state index contributed by atoms with van der Waals surface area (Å²) in [4.78, 5) is 19.0. The number of thiazole rings is 1. The maximum absolute atomic E-state index is 12.5. The number of amides is 1. The molecule has 5 nitrogen and oxygen atoms in total. The maximum atomic E-state index is 12.5. The van der Waals surface area contributed by atoms with Crippen LogP contribution in [0, 0.1) is 0 Å². The number of nitrogens with one attached hydrogen (secondary N) is 1. The van der Waals surface area contributed by atoms with E-state index in [-0.39, 0.29) is 5.91 Å². The van der Waals surface area contributed by atoms with E-state index in [1.54, 1.807) is 18.4 Å². The number of aromatic nitrogens is 1. The summed E-state index contributed by atoms with van der Waals surface area (Å²) in [7, 11) is 1.66. The van der Waals surface area contributed by atoms with E-state index in [2.05, 4.69) is 10.3 Å². The van der Waals surface area contributed by atoms with Gasteiger partial charge in [-0.15, -0.1) is 11.3 Å². The van der Waals surface area contributed by atoms with Gasteiger partial charge in [0.05, 0.1) is 12.1 Å². The van der Waals surface area contributed by atoms with Gasteiger partial charge in [-0.2, -0.15) is 0 Å². The first-order valence-corrected chi connectivity index (χ1v) is 8.71. The molecule has 0 radical (unpaired) electrons. The summed E-state index contributed by atoms with van der Waals surface area (Å²) >= 11 is 1.55. The molecule has 0 spiro atoms. The Bertz CT molecular complexity index is 646. The Morgan fingerprint density at radius 3 is 2.91 bits per heavy atom. The average Bonchev–Trinajstić information content (AvgIpc) is 2.87. The highest BCUT2D eigenvalue weighted by molar-refractivity contribution is 7.09. The molecule has 0 unspecified atom stereocenters. The fraction of sp³-hybridized carbons (Fsp3) is 0.412. The van der Waals surface area contributed by atoms with Gasteiger partial charge in [0, 0.05) is 31.4 Å². The Morgan fingerprint density at radius 1 is 1.30 bits per heavy atom. The highest BCUT2D eigenvalue weighted by Gasteiger charge is 2.19. The molecule has 2 aromatic rings. The summed E-state index contributed by atoms with van der Waals surface area (Å²) < 4.78 is 5.16. The first-order valence-electron chi connectivity index (χ1n) is 7.83. The molecule has 2 heterocycles. The third kappa shape index (κ3) is 4.09. The van der Waals surface area contributed by atoms with E-state index in [1.165, 1.54) is 0 Å². The van der Waals surface area contributed by atoms with Crippen molar-refractivity contribution in [3.63, 3.8) is 0 Å². The molecule has 0 bridgehead atoms. The van der Waals surface area contributed by atoms with Gasteiger partial charge < -0.3 is 15.0 Å². The second kappa shape index (κ2) is 7.57. The monoisotopic (exact) mass is 331 g/mol. The Kier molecular flexibility index (Phi) is 5.25. The standard InChI is InChI=1S/C17H21N3O2S/c1-22-14-5-3-13(4-6-14)11-16-19-15(12-23-16)17(21)20-9-2-7-18-8-10-20/h3-6,12,18H,2,7-11H2,1H3. The molecule has 1 amide bonds. The summed E-state index contributed by atoms with van der Waals surface area (Å²) in [5.74, 6) is 0.893. The molecule has 1 aromatic heterocycles. The van der Waals surface area contributed by atoms with Gasteiger partial charge in [-0.25, -0.2) is 4.98 Å². The molecule has 6 heteroatoms. The van der Waals surface area contributed by atoms with E-state index in [1.807, 2.05) is 34.5 Å². The summed E-state index contributed by atoms with van der Waals surface area (Å²) in [5.41, 5.74) is 1.73. The van der Waals surface area contributed by atoms with Crippen LogP contribution < -0.4 is 10.1 Å². The van der Waals surface area contributed by atoms with Crippen molar-refractivity contribution in [1.29, 1.82) is 0 Å². The number of hydrogen-bond acceptors (Lipinski definition) is 5. The number of carbonyl (C=O) groups excluding carboxylic acids is 1. The van der Waals surface area contributed by atoms with Gasteiger partial charge in [0.1, 0.15) is 11.4 Å². The zero-order chi connectivity index (χ0) is 16.1. The smallest absolute Gasteiger partial charge is 0.273 e. The topological polar surface area (TPSA) is 54.5 Å². The predicted octanol–water partition coefficient (Wildman–Crippen LogP) is 2.18. The Balaban J connectivity index is 1.65. The van der Waals surface area contributed by atoms with E-state index in [9.17, 15) is 4.79 Å². The van der Waals surface area contributed by atoms with Crippen LogP contribution in [0.4, 0.5) is 0 Å². The highest BCUT2D eigenvalue weighted by atomic mass is 32.1. The molecule has 3 rings (SSSR count). The molecular weight excluding hydrogens is 310 g/mol. The minimum atomic E-state index is 0.0472. The van der Waals surface area contributed by atoms with Crippen LogP contribution in [0.25, 0.3) is 0 Å². The van der Waals surface area contributed by atoms with E-state index >= 15 is 0 Å². The molecule has 0 atom stereocenters. The lowest BCUT2D eigenvalue weighted by Gasteiger charge is -2.18. The quantitative estimate of drug-likeness (QED) is 0.933. The molecular formula is C17H21N3O2S. The lowest BCUT2D eigenvalue weighted by atomic mass is 10.1. The van der Waals surface area contributed by atoms with Gasteiger partial charge in [0.15, 0.2) is 0 Å². The number of rotatable bonds is 4. The first kappa shape index (κ1) is 16.0. The molecule has 1 N–H and O–H groups in total. The normalized spacial score (nSPS) is 15.3. The Labute approximate surface area is 140 Å². The first-order chi connectivity index (χ1) is 11.3. The van der Waals surface area contributed by atoms with E-state index in [4.69, 9.17) is 4.74 Å². The molecule has 1 saturated heterocycles. The predicted molar refractivity (Wildman–Crippen MR) is 91.3 cm³/mol. The summed E-state index contributed by atoms with van der Waals surface area (Å²) in [5, 5.41) is 6.15. The van der Waals surface area contributed by atoms with Crippen molar-refractivity contribution in [2.45, 2.75) is 12.8 Å². The van der Waals surface area contributed by atoms with Crippen LogP contribution in [0.2, 0.25) is 0 Å². The average molecular weight is 331 g/mol. The number of methoxy groups -OCH3 is 1. The lowest BCUT2D eigenvalue weighted by molar-refractivity contribution is 0.0761. The summed E-state index contributed by atoms with van der Waals surface area (Å²) in [6.45, 7) is 3.39. The van der Waals surface area contributed by atoms with Gasteiger partial charge in [0.25, 0.3) is 5.91 Å². The minimum Gasteiger partial charge on any atom is -0.497 e. The number of carbonyl (C=O) groups is 1. The number of benzene rings is 1. The van der Waals surface area contributed by atoms with Crippen molar-refractivity contribution >= 4 is 17.2 Å². The zero-order valence-corrected chi connectivity index (χ0v) is 14.1. The van der Waals surface area contributed by atoms with Gasteiger partial charge in [0.2, 0.25) is 0 Å². The van der Waals surface area contributed by atoms with Gasteiger partial charge in [-0.3, -0.25) is 4.79 Å². The van der Waals surface area contributed by atoms with Crippen molar-refractivity contribution < 1.29 is 9.53 Å². The Hall–Kier alpha value is -1.92. The number of ether oxygens (including phenoxy) is 1. The molecule has 0 aliphatic carbocycles. The van der Waals surface area contributed by atoms with Gasteiger partial charge in [-0.1, -0.05) is 12.1 Å². The number of nitrogens with zero attached hydrogens (tertiary/aromatic N) is 2. The maximum Gasteiger partial charge on any atom is 0.273 e. The number of hydrogen-bond donors (Lipinski definition) is 1. The van der Waals surface area contributed by atoms with E-state index in [0.29, 0.717) is 5.69 Å². The van der Waals surface area contributed by atoms with Crippen LogP contribution in [0.5, 0.6) is 5.75 Å². The van der Waals surface area contributed by atoms with Gasteiger partial charge in [-0.05, 0) is 30.7 Å². The van der Waals surface area contributed by atoms with Crippen molar-refractivity contribution in [3.05, 3.63) is 45.9 Å².